The molecule has 3 N–H and O–H groups in total. The topological polar surface area (TPSA) is 75.7 Å². The lowest BCUT2D eigenvalue weighted by atomic mass is 10.0. The van der Waals surface area contributed by atoms with Crippen LogP contribution in [0.25, 0.3) is 0 Å². The lowest BCUT2D eigenvalue weighted by Crippen LogP contribution is -2.18. The van der Waals surface area contributed by atoms with Crippen molar-refractivity contribution in [1.82, 2.24) is 10.2 Å². The number of nitrogens with one attached hydrogen (secondary N) is 1. The van der Waals surface area contributed by atoms with Crippen LogP contribution in [0.15, 0.2) is 34.2 Å². The number of halogens is 1. The molecular weight excluding hydrogens is 304 g/mol. The van der Waals surface area contributed by atoms with Gasteiger partial charge in [0.1, 0.15) is 10.9 Å². The van der Waals surface area contributed by atoms with E-state index in [9.17, 15) is 0 Å². The summed E-state index contributed by atoms with van der Waals surface area (Å²) in [5, 5.41) is 17.7. The van der Waals surface area contributed by atoms with Gasteiger partial charge in [-0.25, -0.2) is 0 Å². The highest BCUT2D eigenvalue weighted by atomic mass is 35.5. The molecule has 0 amide bonds. The Morgan fingerprint density at radius 3 is 2.52 bits per heavy atom. The second kappa shape index (κ2) is 6.91. The fourth-order valence-electron chi connectivity index (χ4n) is 2.14. The van der Waals surface area contributed by atoms with Gasteiger partial charge in [-0.2, -0.15) is 5.10 Å². The molecule has 0 saturated carbocycles. The van der Waals surface area contributed by atoms with Crippen molar-refractivity contribution >= 4 is 29.2 Å². The van der Waals surface area contributed by atoms with Crippen LogP contribution in [-0.4, -0.2) is 16.0 Å². The smallest absolute Gasteiger partial charge is 0.135 e. The van der Waals surface area contributed by atoms with E-state index in [2.05, 4.69) is 10.2 Å². The fraction of sp³-hybridized carbons (Fsp3) is 0.267. The predicted molar refractivity (Wildman–Crippen MR) is 87.4 cm³/mol. The van der Waals surface area contributed by atoms with Gasteiger partial charge in [0.2, 0.25) is 0 Å². The van der Waals surface area contributed by atoms with Gasteiger partial charge in [-0.1, -0.05) is 49.3 Å². The zero-order valence-electron chi connectivity index (χ0n) is 12.0. The van der Waals surface area contributed by atoms with Crippen molar-refractivity contribution in [3.8, 4) is 0 Å². The van der Waals surface area contributed by atoms with Gasteiger partial charge in [0, 0.05) is 4.90 Å². The van der Waals surface area contributed by atoms with Crippen molar-refractivity contribution in [3.63, 3.8) is 0 Å². The first-order valence-corrected chi connectivity index (χ1v) is 7.93. The largest absolute Gasteiger partial charge is 0.384 e. The zero-order chi connectivity index (χ0) is 15.4. The Labute approximate surface area is 133 Å². The van der Waals surface area contributed by atoms with Gasteiger partial charge >= 0.3 is 0 Å². The maximum atomic E-state index is 7.88. The summed E-state index contributed by atoms with van der Waals surface area (Å²) in [6, 6.07) is 7.53. The number of benzene rings is 1. The minimum Gasteiger partial charge on any atom is -0.384 e. The quantitative estimate of drug-likeness (QED) is 0.650. The molecule has 110 valence electrons. The molecule has 0 aliphatic carbocycles. The number of nitrogen functional groups attached to an aromatic ring is 1. The van der Waals surface area contributed by atoms with Crippen LogP contribution in [0.5, 0.6) is 0 Å². The van der Waals surface area contributed by atoms with Crippen molar-refractivity contribution in [2.45, 2.75) is 36.6 Å². The number of hydrogen-bond acceptors (Lipinski definition) is 4. The normalized spacial score (nSPS) is 10.6. The first kappa shape index (κ1) is 15.8. The third kappa shape index (κ3) is 3.36. The third-order valence-corrected chi connectivity index (χ3v) is 4.62. The van der Waals surface area contributed by atoms with Crippen LogP contribution in [0, 0.1) is 5.41 Å². The number of hydrogen-bond donors (Lipinski definition) is 2. The van der Waals surface area contributed by atoms with Gasteiger partial charge in [-0.3, -0.25) is 5.41 Å². The average Bonchev–Trinajstić information content (AvgIpc) is 2.48. The van der Waals surface area contributed by atoms with Gasteiger partial charge < -0.3 is 5.73 Å². The summed E-state index contributed by atoms with van der Waals surface area (Å²) in [7, 11) is 0. The number of nitrogens with zero attached hydrogens (tertiary/aromatic N) is 2. The number of rotatable bonds is 5. The molecule has 0 aliphatic rings. The van der Waals surface area contributed by atoms with Crippen LogP contribution in [0.1, 0.15) is 30.7 Å². The Kier molecular flexibility index (Phi) is 5.20. The van der Waals surface area contributed by atoms with E-state index in [4.69, 9.17) is 22.7 Å². The Morgan fingerprint density at radius 2 is 1.95 bits per heavy atom. The van der Waals surface area contributed by atoms with Crippen molar-refractivity contribution in [1.29, 1.82) is 5.41 Å². The maximum Gasteiger partial charge on any atom is 0.135 e. The molecule has 1 aromatic carbocycles. The molecule has 0 radical (unpaired) electrons. The first-order valence-electron chi connectivity index (χ1n) is 6.73. The third-order valence-electron chi connectivity index (χ3n) is 3.13. The SMILES string of the molecule is CCc1nnc(Sc2ccccc2Cl)c(C(=N)N)c1CC. The Hall–Kier alpha value is -1.59. The van der Waals surface area contributed by atoms with Gasteiger partial charge in [0.25, 0.3) is 0 Å². The summed E-state index contributed by atoms with van der Waals surface area (Å²) in [4.78, 5) is 0.877. The van der Waals surface area contributed by atoms with Crippen LogP contribution in [-0.2, 0) is 12.8 Å². The van der Waals surface area contributed by atoms with Gasteiger partial charge in [-0.05, 0) is 30.5 Å². The molecule has 6 heteroatoms. The maximum absolute atomic E-state index is 7.88. The molecule has 0 spiro atoms. The summed E-state index contributed by atoms with van der Waals surface area (Å²) in [5.74, 6) is 0.0194. The Bertz CT molecular complexity index is 673. The monoisotopic (exact) mass is 320 g/mol. The molecule has 0 atom stereocenters. The van der Waals surface area contributed by atoms with Crippen LogP contribution in [0.4, 0.5) is 0 Å². The van der Waals surface area contributed by atoms with E-state index >= 15 is 0 Å². The van der Waals surface area contributed by atoms with Crippen LogP contribution < -0.4 is 5.73 Å². The second-order valence-electron chi connectivity index (χ2n) is 4.46. The summed E-state index contributed by atoms with van der Waals surface area (Å²) < 4.78 is 0. The Balaban J connectivity index is 2.54. The molecule has 4 nitrogen and oxygen atoms in total. The average molecular weight is 321 g/mol. The van der Waals surface area contributed by atoms with Crippen molar-refractivity contribution in [2.24, 2.45) is 5.73 Å². The molecular formula is C15H17ClN4S. The number of aryl methyl sites for hydroxylation is 1. The van der Waals surface area contributed by atoms with E-state index in [1.807, 2.05) is 38.1 Å². The molecule has 0 bridgehead atoms. The highest BCUT2D eigenvalue weighted by Crippen LogP contribution is 2.34. The molecule has 1 heterocycles. The highest BCUT2D eigenvalue weighted by molar-refractivity contribution is 7.99. The lowest BCUT2D eigenvalue weighted by Gasteiger charge is -2.14. The van der Waals surface area contributed by atoms with E-state index < -0.39 is 0 Å². The number of nitrogens with two attached hydrogens (primary N) is 1. The van der Waals surface area contributed by atoms with Crippen LogP contribution in [0.2, 0.25) is 5.02 Å². The lowest BCUT2D eigenvalue weighted by molar-refractivity contribution is 0.819. The Morgan fingerprint density at radius 1 is 1.24 bits per heavy atom. The fourth-order valence-corrected chi connectivity index (χ4v) is 3.32. The zero-order valence-corrected chi connectivity index (χ0v) is 13.6. The van der Waals surface area contributed by atoms with E-state index in [0.717, 1.165) is 29.0 Å². The van der Waals surface area contributed by atoms with Gasteiger partial charge in [-0.15, -0.1) is 5.10 Å². The molecule has 2 rings (SSSR count). The minimum absolute atomic E-state index is 0.0194. The minimum atomic E-state index is 0.0194. The predicted octanol–water partition coefficient (Wildman–Crippen LogP) is 3.69. The number of aromatic nitrogens is 2. The van der Waals surface area contributed by atoms with Crippen LogP contribution >= 0.6 is 23.4 Å². The van der Waals surface area contributed by atoms with E-state index in [-0.39, 0.29) is 5.84 Å². The molecule has 0 unspecified atom stereocenters. The standard InChI is InChI=1S/C15H17ClN4S/c1-3-9-11(4-2)19-20-15(13(9)14(17)18)21-12-8-6-5-7-10(12)16/h5-8H,3-4H2,1-2H3,(H3,17,18). The molecule has 0 aliphatic heterocycles. The van der Waals surface area contributed by atoms with Crippen molar-refractivity contribution < 1.29 is 0 Å². The van der Waals surface area contributed by atoms with Gasteiger partial charge in [0.05, 0.1) is 16.3 Å². The molecule has 1 aromatic heterocycles. The van der Waals surface area contributed by atoms with E-state index in [0.29, 0.717) is 15.6 Å². The molecule has 0 saturated heterocycles. The molecule has 21 heavy (non-hydrogen) atoms. The number of amidine groups is 1. The summed E-state index contributed by atoms with van der Waals surface area (Å²) in [6.07, 6.45) is 1.54. The summed E-state index contributed by atoms with van der Waals surface area (Å²) >= 11 is 7.58. The molecule has 0 fully saturated rings. The molecule has 2 aromatic rings. The van der Waals surface area contributed by atoms with Gasteiger partial charge in [0.15, 0.2) is 0 Å². The highest BCUT2D eigenvalue weighted by Gasteiger charge is 2.18. The van der Waals surface area contributed by atoms with Crippen molar-refractivity contribution in [2.75, 3.05) is 0 Å². The van der Waals surface area contributed by atoms with Crippen molar-refractivity contribution in [3.05, 3.63) is 46.1 Å². The first-order chi connectivity index (χ1) is 10.1. The summed E-state index contributed by atoms with van der Waals surface area (Å²) in [5.41, 5.74) is 8.34. The van der Waals surface area contributed by atoms with E-state index in [1.54, 1.807) is 0 Å². The van der Waals surface area contributed by atoms with Crippen LogP contribution in [0.3, 0.4) is 0 Å². The second-order valence-corrected chi connectivity index (χ2v) is 5.90. The van der Waals surface area contributed by atoms with E-state index in [1.165, 1.54) is 11.8 Å². The summed E-state index contributed by atoms with van der Waals surface area (Å²) in [6.45, 7) is 4.06.